The Labute approximate surface area is 155 Å². The second-order valence-electron chi connectivity index (χ2n) is 5.79. The van der Waals surface area contributed by atoms with Gasteiger partial charge in [0.05, 0.1) is 25.8 Å². The quantitative estimate of drug-likeness (QED) is 0.717. The molecule has 0 saturated heterocycles. The number of rotatable bonds is 6. The molecule has 1 heterocycles. The monoisotopic (exact) mass is 369 g/mol. The molecule has 0 N–H and O–H groups in total. The minimum absolute atomic E-state index is 0.141. The second-order valence-corrected chi connectivity index (χ2v) is 5.79. The third kappa shape index (κ3) is 3.72. The molecular weight excluding hydrogens is 352 g/mol. The molecule has 1 aliphatic rings. The molecule has 0 unspecified atom stereocenters. The van der Waals surface area contributed by atoms with Crippen LogP contribution < -0.4 is 24.1 Å². The average Bonchev–Trinajstić information content (AvgIpc) is 2.96. The van der Waals surface area contributed by atoms with Gasteiger partial charge in [0.2, 0.25) is 5.78 Å². The van der Waals surface area contributed by atoms with E-state index >= 15 is 0 Å². The first kappa shape index (κ1) is 18.3. The zero-order chi connectivity index (χ0) is 19.6. The predicted octanol–water partition coefficient (Wildman–Crippen LogP) is 1.84. The van der Waals surface area contributed by atoms with Crippen molar-refractivity contribution in [2.75, 3.05) is 14.2 Å². The number of fused-ring (bicyclic) bond motifs is 1. The van der Waals surface area contributed by atoms with Crippen LogP contribution in [0.15, 0.2) is 42.2 Å². The van der Waals surface area contributed by atoms with Gasteiger partial charge in [-0.05, 0) is 42.8 Å². The van der Waals surface area contributed by atoms with Gasteiger partial charge < -0.3 is 28.8 Å². The fraction of sp³-hybridized carbons (Fsp3) is 0.200. The molecule has 7 nitrogen and oxygen atoms in total. The van der Waals surface area contributed by atoms with Crippen molar-refractivity contribution in [3.63, 3.8) is 0 Å². The van der Waals surface area contributed by atoms with Crippen LogP contribution in [-0.4, -0.2) is 32.1 Å². The summed E-state index contributed by atoms with van der Waals surface area (Å²) in [6.07, 6.45) is 0.469. The molecule has 0 radical (unpaired) electrons. The van der Waals surface area contributed by atoms with Gasteiger partial charge in [-0.2, -0.15) is 0 Å². The van der Waals surface area contributed by atoms with Crippen LogP contribution in [0.4, 0.5) is 0 Å². The van der Waals surface area contributed by atoms with Crippen LogP contribution in [-0.2, 0) is 4.79 Å². The molecule has 0 amide bonds. The maximum absolute atomic E-state index is 12.5. The minimum Gasteiger partial charge on any atom is -0.546 e. The summed E-state index contributed by atoms with van der Waals surface area (Å²) in [4.78, 5) is 23.3. The Morgan fingerprint density at radius 3 is 2.52 bits per heavy atom. The Hall–Kier alpha value is -3.48. The van der Waals surface area contributed by atoms with Crippen molar-refractivity contribution < 1.29 is 33.6 Å². The number of allylic oxidation sites excluding steroid dienone is 1. The molecule has 0 fully saturated rings. The molecule has 0 saturated carbocycles. The number of carbonyl (C=O) groups excluding carboxylic acids is 2. The number of carbonyl (C=O) groups is 2. The van der Waals surface area contributed by atoms with Gasteiger partial charge >= 0.3 is 0 Å². The maximum atomic E-state index is 12.5. The van der Waals surface area contributed by atoms with Gasteiger partial charge in [0.1, 0.15) is 17.6 Å². The van der Waals surface area contributed by atoms with Crippen LogP contribution in [0.3, 0.4) is 0 Å². The average molecular weight is 369 g/mol. The van der Waals surface area contributed by atoms with Gasteiger partial charge in [-0.3, -0.25) is 4.79 Å². The molecule has 0 bridgehead atoms. The number of ether oxygens (including phenoxy) is 4. The summed E-state index contributed by atoms with van der Waals surface area (Å²) >= 11 is 0. The van der Waals surface area contributed by atoms with E-state index in [1.54, 1.807) is 24.3 Å². The van der Waals surface area contributed by atoms with Gasteiger partial charge in [0, 0.05) is 6.07 Å². The topological polar surface area (TPSA) is 94.1 Å². The Kier molecular flexibility index (Phi) is 5.03. The summed E-state index contributed by atoms with van der Waals surface area (Å²) in [6.45, 7) is 1.36. The highest BCUT2D eigenvalue weighted by atomic mass is 16.5. The summed E-state index contributed by atoms with van der Waals surface area (Å²) in [6, 6.07) is 9.74. The van der Waals surface area contributed by atoms with Crippen molar-refractivity contribution in [1.29, 1.82) is 0 Å². The molecule has 27 heavy (non-hydrogen) atoms. The van der Waals surface area contributed by atoms with Crippen molar-refractivity contribution in [3.05, 3.63) is 53.3 Å². The molecule has 0 aliphatic carbocycles. The van der Waals surface area contributed by atoms with Crippen molar-refractivity contribution in [2.24, 2.45) is 0 Å². The van der Waals surface area contributed by atoms with Crippen molar-refractivity contribution in [2.45, 2.75) is 13.0 Å². The van der Waals surface area contributed by atoms with Gasteiger partial charge in [-0.15, -0.1) is 0 Å². The van der Waals surface area contributed by atoms with E-state index < -0.39 is 12.1 Å². The van der Waals surface area contributed by atoms with Crippen LogP contribution >= 0.6 is 0 Å². The molecule has 1 aliphatic heterocycles. The third-order valence-electron chi connectivity index (χ3n) is 3.99. The number of hydrogen-bond donors (Lipinski definition) is 0. The van der Waals surface area contributed by atoms with E-state index in [4.69, 9.17) is 18.9 Å². The van der Waals surface area contributed by atoms with Gasteiger partial charge in [0.15, 0.2) is 17.3 Å². The SMILES string of the molecule is COc1ccc(C=C2Oc3cc(O[C@H](C)C(=O)[O-])ccc3C2=O)cc1OC. The Morgan fingerprint density at radius 1 is 1.11 bits per heavy atom. The molecule has 140 valence electrons. The van der Waals surface area contributed by atoms with Crippen LogP contribution in [0.5, 0.6) is 23.0 Å². The van der Waals surface area contributed by atoms with E-state index in [0.717, 1.165) is 0 Å². The van der Waals surface area contributed by atoms with Gasteiger partial charge in [-0.1, -0.05) is 6.07 Å². The normalized spacial score (nSPS) is 15.1. The van der Waals surface area contributed by atoms with Crippen LogP contribution in [0.1, 0.15) is 22.8 Å². The van der Waals surface area contributed by atoms with Crippen LogP contribution in [0.2, 0.25) is 0 Å². The summed E-state index contributed by atoms with van der Waals surface area (Å²) in [7, 11) is 3.06. The van der Waals surface area contributed by atoms with E-state index in [0.29, 0.717) is 28.4 Å². The maximum Gasteiger partial charge on any atom is 0.231 e. The number of methoxy groups -OCH3 is 2. The first-order chi connectivity index (χ1) is 12.9. The molecular formula is C20H17O7-. The Bertz CT molecular complexity index is 930. The minimum atomic E-state index is -1.33. The molecule has 1 atom stereocenters. The van der Waals surface area contributed by atoms with E-state index in [2.05, 4.69) is 0 Å². The fourth-order valence-electron chi connectivity index (χ4n) is 2.59. The first-order valence-electron chi connectivity index (χ1n) is 8.10. The standard InChI is InChI=1S/C20H18O7/c1-11(20(22)23)26-13-5-6-14-16(10-13)27-18(19(14)21)9-12-4-7-15(24-2)17(8-12)25-3/h4-11H,1-3H3,(H,22,23)/p-1/t11-/m1/s1. The number of carboxylic acid groups (broad SMARTS) is 1. The van der Waals surface area contributed by atoms with Crippen LogP contribution in [0, 0.1) is 0 Å². The largest absolute Gasteiger partial charge is 0.546 e. The lowest BCUT2D eigenvalue weighted by atomic mass is 10.1. The van der Waals surface area contributed by atoms with Crippen molar-refractivity contribution in [3.8, 4) is 23.0 Å². The third-order valence-corrected chi connectivity index (χ3v) is 3.99. The summed E-state index contributed by atoms with van der Waals surface area (Å²) in [5.74, 6) is 0.204. The summed E-state index contributed by atoms with van der Waals surface area (Å²) in [5, 5.41) is 10.8. The molecule has 0 spiro atoms. The van der Waals surface area contributed by atoms with Gasteiger partial charge in [-0.25, -0.2) is 0 Å². The molecule has 2 aromatic rings. The zero-order valence-electron chi connectivity index (χ0n) is 15.0. The lowest BCUT2D eigenvalue weighted by molar-refractivity contribution is -0.312. The highest BCUT2D eigenvalue weighted by Gasteiger charge is 2.28. The second kappa shape index (κ2) is 7.41. The lowest BCUT2D eigenvalue weighted by Gasteiger charge is -2.15. The highest BCUT2D eigenvalue weighted by Crippen LogP contribution is 2.36. The summed E-state index contributed by atoms with van der Waals surface area (Å²) < 4.78 is 21.3. The number of benzene rings is 2. The molecule has 7 heteroatoms. The summed E-state index contributed by atoms with van der Waals surface area (Å²) in [5.41, 5.74) is 1.07. The fourth-order valence-corrected chi connectivity index (χ4v) is 2.59. The number of aliphatic carboxylic acids is 1. The number of Topliss-reactive ketones (excluding diaryl/α,β-unsaturated/α-hetero) is 1. The lowest BCUT2D eigenvalue weighted by Crippen LogP contribution is -2.37. The Morgan fingerprint density at radius 2 is 1.85 bits per heavy atom. The smallest absolute Gasteiger partial charge is 0.231 e. The van der Waals surface area contributed by atoms with E-state index in [1.165, 1.54) is 39.3 Å². The van der Waals surface area contributed by atoms with E-state index in [1.807, 2.05) is 0 Å². The van der Waals surface area contributed by atoms with Crippen LogP contribution in [0.25, 0.3) is 6.08 Å². The molecule has 0 aromatic heterocycles. The van der Waals surface area contributed by atoms with Crippen molar-refractivity contribution >= 4 is 17.8 Å². The van der Waals surface area contributed by atoms with Crippen molar-refractivity contribution in [1.82, 2.24) is 0 Å². The number of ketones is 1. The molecule has 3 rings (SSSR count). The zero-order valence-corrected chi connectivity index (χ0v) is 15.0. The predicted molar refractivity (Wildman–Crippen MR) is 94.0 cm³/mol. The Balaban J connectivity index is 1.86. The number of hydrogen-bond acceptors (Lipinski definition) is 7. The molecule has 2 aromatic carbocycles. The highest BCUT2D eigenvalue weighted by molar-refractivity contribution is 6.14. The van der Waals surface area contributed by atoms with Gasteiger partial charge in [0.25, 0.3) is 0 Å². The first-order valence-corrected chi connectivity index (χ1v) is 8.10. The van der Waals surface area contributed by atoms with E-state index in [9.17, 15) is 14.7 Å². The number of carboxylic acids is 1. The van der Waals surface area contributed by atoms with E-state index in [-0.39, 0.29) is 17.3 Å².